The third-order valence-electron chi connectivity index (χ3n) is 12.0. The monoisotopic (exact) mass is 703 g/mol. The van der Waals surface area contributed by atoms with Crippen molar-refractivity contribution in [2.45, 2.75) is 88.0 Å². The number of ether oxygens (including phenoxy) is 2. The van der Waals surface area contributed by atoms with Gasteiger partial charge in [-0.1, -0.05) is 19.6 Å². The number of nitrogens with one attached hydrogen (secondary N) is 1. The number of fused-ring (bicyclic) bond motifs is 2. The second-order valence-electron chi connectivity index (χ2n) is 15.5. The molecule has 10 nitrogen and oxygen atoms in total. The van der Waals surface area contributed by atoms with Crippen molar-refractivity contribution < 1.29 is 27.4 Å². The Morgan fingerprint density at radius 2 is 1.84 bits per heavy atom. The lowest BCUT2D eigenvalue weighted by molar-refractivity contribution is -0.153. The topological polar surface area (TPSA) is 145 Å². The molecule has 0 amide bonds. The molecule has 4 aliphatic rings. The number of nitrogens with two attached hydrogens (primary N) is 2. The molecule has 8 rings (SSSR count). The molecule has 5 N–H and O–H groups in total. The summed E-state index contributed by atoms with van der Waals surface area (Å²) in [5.41, 5.74) is 16.7. The molecular weight excluding hydrogens is 659 g/mol. The van der Waals surface area contributed by atoms with E-state index in [4.69, 9.17) is 30.9 Å². The lowest BCUT2D eigenvalue weighted by Gasteiger charge is -2.57. The lowest BCUT2D eigenvalue weighted by Crippen LogP contribution is -2.64. The summed E-state index contributed by atoms with van der Waals surface area (Å²) in [5.74, 6) is 0.483. The standard InChI is InChI=1S/C38H44F3N7O3/c1-4-22-12-25-31(32(51-20-38(39,40)41)30(22)29-21(3)6-7-27-26(29)13-44-47-27)45-34(23-14-48(15-23)24-16-50-17-24)46-33(25)36(42)10-8-35(9-11-36)18-37(43,19-35)28(49)5-2/h5-7,12-13,23-24H,2,4,8-11,14-20,42-43H2,1,3H3,(H,44,47). The summed E-state index contributed by atoms with van der Waals surface area (Å²) in [7, 11) is 0. The zero-order chi connectivity index (χ0) is 35.9. The van der Waals surface area contributed by atoms with E-state index in [1.807, 2.05) is 32.0 Å². The number of likely N-dealkylation sites (tertiary alicyclic amines) is 1. The summed E-state index contributed by atoms with van der Waals surface area (Å²) < 4.78 is 53.3. The van der Waals surface area contributed by atoms with Gasteiger partial charge in [0.2, 0.25) is 0 Å². The van der Waals surface area contributed by atoms with Crippen molar-refractivity contribution >= 4 is 27.6 Å². The molecular formula is C38H44F3N7O3. The van der Waals surface area contributed by atoms with Crippen LogP contribution in [0.2, 0.25) is 0 Å². The number of hydrogen-bond donors (Lipinski definition) is 3. The van der Waals surface area contributed by atoms with E-state index in [1.165, 1.54) is 6.08 Å². The van der Waals surface area contributed by atoms with Gasteiger partial charge in [-0.3, -0.25) is 14.8 Å². The van der Waals surface area contributed by atoms with Gasteiger partial charge in [0.1, 0.15) is 11.3 Å². The molecule has 4 heterocycles. The number of rotatable bonds is 9. The number of nitrogens with zero attached hydrogens (tertiary/aromatic N) is 4. The lowest BCUT2D eigenvalue weighted by atomic mass is 9.49. The van der Waals surface area contributed by atoms with E-state index in [1.54, 1.807) is 6.20 Å². The molecule has 2 saturated carbocycles. The SMILES string of the molecule is C=CC(=O)C1(N)CC2(CCC(N)(c3nc(C4CN(C5COC5)C4)nc4c(OCC(F)(F)F)c(-c5c(C)ccc6[nH]ncc56)c(CC)cc34)CC2)C1. The molecule has 2 saturated heterocycles. The maximum Gasteiger partial charge on any atom is 0.422 e. The Kier molecular flexibility index (Phi) is 8.10. The average Bonchev–Trinajstić information content (AvgIpc) is 3.52. The molecule has 0 atom stereocenters. The number of benzene rings is 2. The highest BCUT2D eigenvalue weighted by atomic mass is 19.4. The van der Waals surface area contributed by atoms with Gasteiger partial charge in [-0.2, -0.15) is 18.3 Å². The second-order valence-corrected chi connectivity index (χ2v) is 15.5. The van der Waals surface area contributed by atoms with Crippen LogP contribution in [0.5, 0.6) is 5.75 Å². The Balaban J connectivity index is 1.29. The average molecular weight is 704 g/mol. The summed E-state index contributed by atoms with van der Waals surface area (Å²) in [5, 5.41) is 8.64. The van der Waals surface area contributed by atoms with Crippen molar-refractivity contribution in [3.05, 3.63) is 59.7 Å². The first kappa shape index (κ1) is 34.2. The van der Waals surface area contributed by atoms with E-state index in [0.717, 1.165) is 53.5 Å². The molecule has 2 aliphatic heterocycles. The van der Waals surface area contributed by atoms with E-state index < -0.39 is 23.9 Å². The highest BCUT2D eigenvalue weighted by Gasteiger charge is 2.58. The van der Waals surface area contributed by atoms with Crippen LogP contribution in [0.3, 0.4) is 0 Å². The normalized spacial score (nSPS) is 27.4. The minimum atomic E-state index is -4.58. The van der Waals surface area contributed by atoms with Crippen LogP contribution in [-0.4, -0.2) is 81.5 Å². The second kappa shape index (κ2) is 12.1. The fourth-order valence-corrected chi connectivity index (χ4v) is 9.06. The first-order valence-corrected chi connectivity index (χ1v) is 17.8. The molecule has 2 aliphatic carbocycles. The van der Waals surface area contributed by atoms with Gasteiger partial charge in [-0.15, -0.1) is 0 Å². The zero-order valence-corrected chi connectivity index (χ0v) is 29.0. The van der Waals surface area contributed by atoms with Gasteiger partial charge in [0.15, 0.2) is 18.1 Å². The van der Waals surface area contributed by atoms with Crippen molar-refractivity contribution in [2.24, 2.45) is 16.9 Å². The van der Waals surface area contributed by atoms with Gasteiger partial charge in [-0.05, 0) is 92.2 Å². The van der Waals surface area contributed by atoms with E-state index in [-0.39, 0.29) is 22.9 Å². The maximum absolute atomic E-state index is 14.0. The number of aromatic nitrogens is 4. The van der Waals surface area contributed by atoms with E-state index in [2.05, 4.69) is 21.7 Å². The van der Waals surface area contributed by atoms with Crippen LogP contribution >= 0.6 is 0 Å². The van der Waals surface area contributed by atoms with Gasteiger partial charge in [0.05, 0.1) is 47.7 Å². The number of carbonyl (C=O) groups excluding carboxylic acids is 1. The summed E-state index contributed by atoms with van der Waals surface area (Å²) in [6.45, 7) is 8.89. The smallest absolute Gasteiger partial charge is 0.422 e. The first-order chi connectivity index (χ1) is 24.3. The van der Waals surface area contributed by atoms with Gasteiger partial charge < -0.3 is 20.9 Å². The number of halogens is 3. The van der Waals surface area contributed by atoms with Gasteiger partial charge >= 0.3 is 6.18 Å². The summed E-state index contributed by atoms with van der Waals surface area (Å²) >= 11 is 0. The van der Waals surface area contributed by atoms with Crippen LogP contribution < -0.4 is 16.2 Å². The summed E-state index contributed by atoms with van der Waals surface area (Å²) in [4.78, 5) is 25.1. The molecule has 2 aromatic heterocycles. The fourth-order valence-electron chi connectivity index (χ4n) is 9.06. The quantitative estimate of drug-likeness (QED) is 0.186. The molecule has 0 unspecified atom stereocenters. The Bertz CT molecular complexity index is 2030. The number of alkyl halides is 3. The van der Waals surface area contributed by atoms with E-state index >= 15 is 0 Å². The van der Waals surface area contributed by atoms with Crippen molar-refractivity contribution in [1.82, 2.24) is 25.1 Å². The number of carbonyl (C=O) groups is 1. The highest BCUT2D eigenvalue weighted by molar-refractivity contribution is 6.04. The Morgan fingerprint density at radius 3 is 2.47 bits per heavy atom. The van der Waals surface area contributed by atoms with Crippen LogP contribution in [0.15, 0.2) is 37.1 Å². The van der Waals surface area contributed by atoms with Crippen LogP contribution in [-0.2, 0) is 21.5 Å². The predicted molar refractivity (Wildman–Crippen MR) is 187 cm³/mol. The molecule has 1 spiro atoms. The van der Waals surface area contributed by atoms with Crippen LogP contribution in [0.1, 0.15) is 74.0 Å². The van der Waals surface area contributed by atoms with E-state index in [0.29, 0.717) is 79.3 Å². The number of aryl methyl sites for hydroxylation is 2. The summed E-state index contributed by atoms with van der Waals surface area (Å²) in [6, 6.07) is 6.21. The van der Waals surface area contributed by atoms with Gasteiger partial charge in [0.25, 0.3) is 0 Å². The van der Waals surface area contributed by atoms with Crippen LogP contribution in [0.4, 0.5) is 13.2 Å². The minimum Gasteiger partial charge on any atom is -0.481 e. The number of aromatic amines is 1. The minimum absolute atomic E-state index is 0.0227. The molecule has 51 heavy (non-hydrogen) atoms. The summed E-state index contributed by atoms with van der Waals surface area (Å²) in [6.07, 6.45) is 2.78. The number of ketones is 1. The molecule has 4 aromatic rings. The Hall–Kier alpha value is -3.91. The molecule has 270 valence electrons. The zero-order valence-electron chi connectivity index (χ0n) is 29.0. The fraction of sp³-hybridized carbons (Fsp3) is 0.526. The van der Waals surface area contributed by atoms with Crippen LogP contribution in [0.25, 0.3) is 32.9 Å². The molecule has 4 fully saturated rings. The van der Waals surface area contributed by atoms with E-state index in [9.17, 15) is 18.0 Å². The van der Waals surface area contributed by atoms with Crippen molar-refractivity contribution in [1.29, 1.82) is 0 Å². The molecule has 0 radical (unpaired) electrons. The Morgan fingerprint density at radius 1 is 1.12 bits per heavy atom. The molecule has 2 aromatic carbocycles. The maximum atomic E-state index is 14.0. The first-order valence-electron chi connectivity index (χ1n) is 17.8. The molecule has 0 bridgehead atoms. The molecule has 13 heteroatoms. The largest absolute Gasteiger partial charge is 0.481 e. The van der Waals surface area contributed by atoms with Gasteiger partial charge in [-0.25, -0.2) is 9.97 Å². The van der Waals surface area contributed by atoms with Crippen molar-refractivity contribution in [3.63, 3.8) is 0 Å². The van der Waals surface area contributed by atoms with Crippen molar-refractivity contribution in [2.75, 3.05) is 32.9 Å². The third-order valence-corrected chi connectivity index (χ3v) is 12.0. The van der Waals surface area contributed by atoms with Crippen LogP contribution in [0, 0.1) is 12.3 Å². The highest BCUT2D eigenvalue weighted by Crippen LogP contribution is 2.59. The number of hydrogen-bond acceptors (Lipinski definition) is 9. The van der Waals surface area contributed by atoms with Crippen molar-refractivity contribution in [3.8, 4) is 16.9 Å². The predicted octanol–water partition coefficient (Wildman–Crippen LogP) is 5.74. The van der Waals surface area contributed by atoms with Gasteiger partial charge in [0, 0.05) is 35.3 Å². The Labute approximate surface area is 294 Å². The third kappa shape index (κ3) is 5.73. The number of H-pyrrole nitrogens is 1.